The summed E-state index contributed by atoms with van der Waals surface area (Å²) >= 11 is 4.68. The first kappa shape index (κ1) is 7.79. The summed E-state index contributed by atoms with van der Waals surface area (Å²) in [5.41, 5.74) is 5.80. The number of thiocarbonyl (C=S) groups is 1. The van der Waals surface area contributed by atoms with Gasteiger partial charge < -0.3 is 11.1 Å². The predicted molar refractivity (Wildman–Crippen MR) is 46.7 cm³/mol. The van der Waals surface area contributed by atoms with Gasteiger partial charge in [0.2, 0.25) is 0 Å². The van der Waals surface area contributed by atoms with Crippen molar-refractivity contribution >= 4 is 17.3 Å². The van der Waals surface area contributed by atoms with Crippen LogP contribution < -0.4 is 11.1 Å². The summed E-state index contributed by atoms with van der Waals surface area (Å²) in [6, 6.07) is 0. The van der Waals surface area contributed by atoms with Crippen molar-refractivity contribution in [2.75, 3.05) is 6.54 Å². The molecule has 1 aliphatic carbocycles. The van der Waals surface area contributed by atoms with E-state index >= 15 is 0 Å². The van der Waals surface area contributed by atoms with Crippen molar-refractivity contribution in [2.45, 2.75) is 20.3 Å². The van der Waals surface area contributed by atoms with Crippen LogP contribution in [0.5, 0.6) is 0 Å². The number of hydrogen-bond acceptors (Lipinski definition) is 1. The van der Waals surface area contributed by atoms with Crippen molar-refractivity contribution in [3.63, 3.8) is 0 Å². The Morgan fingerprint density at radius 2 is 2.30 bits per heavy atom. The molecule has 10 heavy (non-hydrogen) atoms. The Morgan fingerprint density at radius 3 is 2.60 bits per heavy atom. The topological polar surface area (TPSA) is 38.0 Å². The van der Waals surface area contributed by atoms with Crippen molar-refractivity contribution in [3.8, 4) is 0 Å². The summed E-state index contributed by atoms with van der Waals surface area (Å²) in [4.78, 5) is 0. The molecule has 0 saturated heterocycles. The van der Waals surface area contributed by atoms with Gasteiger partial charge in [-0.25, -0.2) is 0 Å². The number of hydrogen-bond donors (Lipinski definition) is 2. The Balaban J connectivity index is 2.13. The maximum absolute atomic E-state index is 5.28. The fourth-order valence-electron chi connectivity index (χ4n) is 1.15. The Hall–Kier alpha value is -0.310. The highest BCUT2D eigenvalue weighted by Gasteiger charge is 2.44. The standard InChI is InChI=1S/C7H14N2S/c1-7(2)3-5(7)4-9-6(8)10/h5H,3-4H2,1-2H3,(H3,8,9,10). The molecule has 0 bridgehead atoms. The highest BCUT2D eigenvalue weighted by Crippen LogP contribution is 2.50. The van der Waals surface area contributed by atoms with Crippen LogP contribution in [0.1, 0.15) is 20.3 Å². The van der Waals surface area contributed by atoms with E-state index in [-0.39, 0.29) is 0 Å². The molecule has 1 fully saturated rings. The maximum atomic E-state index is 5.28. The molecule has 58 valence electrons. The largest absolute Gasteiger partial charge is 0.376 e. The Kier molecular flexibility index (Phi) is 1.86. The first-order valence-electron chi connectivity index (χ1n) is 3.56. The first-order valence-corrected chi connectivity index (χ1v) is 3.96. The van der Waals surface area contributed by atoms with Gasteiger partial charge in [-0.15, -0.1) is 0 Å². The minimum Gasteiger partial charge on any atom is -0.376 e. The van der Waals surface area contributed by atoms with E-state index in [1.165, 1.54) is 6.42 Å². The van der Waals surface area contributed by atoms with Crippen LogP contribution in [0.4, 0.5) is 0 Å². The lowest BCUT2D eigenvalue weighted by molar-refractivity contribution is 0.552. The predicted octanol–water partition coefficient (Wildman–Crippen LogP) is 0.866. The molecule has 0 aliphatic heterocycles. The summed E-state index contributed by atoms with van der Waals surface area (Å²) < 4.78 is 0. The molecule has 3 heteroatoms. The zero-order valence-electron chi connectivity index (χ0n) is 6.48. The molecule has 0 amide bonds. The Labute approximate surface area is 67.2 Å². The molecule has 1 unspecified atom stereocenters. The molecule has 0 aromatic rings. The van der Waals surface area contributed by atoms with Gasteiger partial charge >= 0.3 is 0 Å². The van der Waals surface area contributed by atoms with Crippen LogP contribution in [0, 0.1) is 11.3 Å². The lowest BCUT2D eigenvalue weighted by Gasteiger charge is -2.04. The van der Waals surface area contributed by atoms with Crippen LogP contribution in [0.25, 0.3) is 0 Å². The molecule has 0 radical (unpaired) electrons. The second-order valence-corrected chi connectivity index (χ2v) is 4.07. The molecule has 2 nitrogen and oxygen atoms in total. The molecule has 1 atom stereocenters. The molecule has 0 spiro atoms. The maximum Gasteiger partial charge on any atom is 0.163 e. The number of nitrogens with one attached hydrogen (secondary N) is 1. The summed E-state index contributed by atoms with van der Waals surface area (Å²) in [5.74, 6) is 0.772. The van der Waals surface area contributed by atoms with E-state index in [2.05, 4.69) is 31.4 Å². The van der Waals surface area contributed by atoms with Crippen molar-refractivity contribution < 1.29 is 0 Å². The quantitative estimate of drug-likeness (QED) is 0.586. The zero-order chi connectivity index (χ0) is 7.78. The third kappa shape index (κ3) is 1.84. The molecular formula is C7H14N2S. The van der Waals surface area contributed by atoms with Crippen LogP contribution in [-0.2, 0) is 0 Å². The summed E-state index contributed by atoms with van der Waals surface area (Å²) in [5, 5.41) is 3.39. The van der Waals surface area contributed by atoms with Gasteiger partial charge in [-0.05, 0) is 30.0 Å². The third-order valence-electron chi connectivity index (χ3n) is 2.24. The van der Waals surface area contributed by atoms with E-state index in [4.69, 9.17) is 5.73 Å². The summed E-state index contributed by atoms with van der Waals surface area (Å²) in [6.07, 6.45) is 1.29. The fraction of sp³-hybridized carbons (Fsp3) is 0.857. The van der Waals surface area contributed by atoms with Crippen molar-refractivity contribution in [3.05, 3.63) is 0 Å². The normalized spacial score (nSPS) is 27.6. The van der Waals surface area contributed by atoms with E-state index in [9.17, 15) is 0 Å². The smallest absolute Gasteiger partial charge is 0.163 e. The second kappa shape index (κ2) is 2.38. The minimum absolute atomic E-state index is 0.419. The minimum atomic E-state index is 0.419. The van der Waals surface area contributed by atoms with Crippen LogP contribution in [0.3, 0.4) is 0 Å². The van der Waals surface area contributed by atoms with E-state index in [0.29, 0.717) is 10.5 Å². The van der Waals surface area contributed by atoms with Crippen LogP contribution in [0.2, 0.25) is 0 Å². The lowest BCUT2D eigenvalue weighted by atomic mass is 10.1. The van der Waals surface area contributed by atoms with Crippen LogP contribution >= 0.6 is 12.2 Å². The van der Waals surface area contributed by atoms with Gasteiger partial charge in [-0.2, -0.15) is 0 Å². The first-order chi connectivity index (χ1) is 4.52. The number of rotatable bonds is 2. The molecule has 3 N–H and O–H groups in total. The highest BCUT2D eigenvalue weighted by atomic mass is 32.1. The molecule has 0 heterocycles. The van der Waals surface area contributed by atoms with Gasteiger partial charge in [0.05, 0.1) is 0 Å². The van der Waals surface area contributed by atoms with Gasteiger partial charge in [0.25, 0.3) is 0 Å². The van der Waals surface area contributed by atoms with Crippen LogP contribution in [-0.4, -0.2) is 11.7 Å². The lowest BCUT2D eigenvalue weighted by Crippen LogP contribution is -2.31. The Bertz CT molecular complexity index is 154. The van der Waals surface area contributed by atoms with Gasteiger partial charge in [-0.3, -0.25) is 0 Å². The van der Waals surface area contributed by atoms with E-state index < -0.39 is 0 Å². The van der Waals surface area contributed by atoms with Crippen molar-refractivity contribution in [1.29, 1.82) is 0 Å². The zero-order valence-corrected chi connectivity index (χ0v) is 7.29. The molecule has 0 aromatic heterocycles. The monoisotopic (exact) mass is 158 g/mol. The fourth-order valence-corrected chi connectivity index (χ4v) is 1.23. The third-order valence-corrected chi connectivity index (χ3v) is 2.38. The van der Waals surface area contributed by atoms with Crippen LogP contribution in [0.15, 0.2) is 0 Å². The molecule has 1 saturated carbocycles. The van der Waals surface area contributed by atoms with Gasteiger partial charge in [-0.1, -0.05) is 13.8 Å². The molecule has 0 aromatic carbocycles. The van der Waals surface area contributed by atoms with Crippen molar-refractivity contribution in [2.24, 2.45) is 17.1 Å². The molecule has 1 rings (SSSR count). The van der Waals surface area contributed by atoms with Gasteiger partial charge in [0.1, 0.15) is 0 Å². The molecule has 1 aliphatic rings. The number of nitrogens with two attached hydrogens (primary N) is 1. The van der Waals surface area contributed by atoms with E-state index in [0.717, 1.165) is 12.5 Å². The highest BCUT2D eigenvalue weighted by molar-refractivity contribution is 7.80. The second-order valence-electron chi connectivity index (χ2n) is 3.63. The summed E-state index contributed by atoms with van der Waals surface area (Å²) in [7, 11) is 0. The van der Waals surface area contributed by atoms with Gasteiger partial charge in [0.15, 0.2) is 5.11 Å². The SMILES string of the molecule is CC1(C)CC1CNC(N)=S. The van der Waals surface area contributed by atoms with Gasteiger partial charge in [0, 0.05) is 6.54 Å². The summed E-state index contributed by atoms with van der Waals surface area (Å²) in [6.45, 7) is 5.47. The van der Waals surface area contributed by atoms with Crippen molar-refractivity contribution in [1.82, 2.24) is 5.32 Å². The van der Waals surface area contributed by atoms with E-state index in [1.807, 2.05) is 0 Å². The average molecular weight is 158 g/mol. The van der Waals surface area contributed by atoms with E-state index in [1.54, 1.807) is 0 Å². The Morgan fingerprint density at radius 1 is 1.80 bits per heavy atom. The molecular weight excluding hydrogens is 144 g/mol. The average Bonchev–Trinajstić information content (AvgIpc) is 2.35.